The molecule has 0 bridgehead atoms. The number of hydrogen-bond acceptors (Lipinski definition) is 4. The Kier molecular flexibility index (Phi) is 5.01. The Morgan fingerprint density at radius 3 is 2.84 bits per heavy atom. The zero-order valence-corrected chi connectivity index (χ0v) is 14.4. The number of carbonyl (C=O) groups excluding carboxylic acids is 1. The van der Waals surface area contributed by atoms with Crippen LogP contribution in [0.5, 0.6) is 0 Å². The van der Waals surface area contributed by atoms with Crippen molar-refractivity contribution in [3.63, 3.8) is 0 Å². The highest BCUT2D eigenvalue weighted by Crippen LogP contribution is 2.33. The molecule has 0 radical (unpaired) electrons. The number of benzene rings is 1. The molecule has 0 unspecified atom stereocenters. The first-order chi connectivity index (χ1) is 12.2. The summed E-state index contributed by atoms with van der Waals surface area (Å²) >= 11 is 0. The van der Waals surface area contributed by atoms with E-state index in [-0.39, 0.29) is 23.7 Å². The largest absolute Gasteiger partial charge is 0.377 e. The molecule has 3 aliphatic heterocycles. The Labute approximate surface area is 147 Å². The highest BCUT2D eigenvalue weighted by molar-refractivity contribution is 5.78. The van der Waals surface area contributed by atoms with E-state index in [2.05, 4.69) is 4.90 Å². The minimum absolute atomic E-state index is 0.0756. The first-order valence-electron chi connectivity index (χ1n) is 9.22. The summed E-state index contributed by atoms with van der Waals surface area (Å²) in [5, 5.41) is 1.52. The lowest BCUT2D eigenvalue weighted by Gasteiger charge is -2.43. The van der Waals surface area contributed by atoms with E-state index in [1.54, 1.807) is 0 Å². The Balaban J connectivity index is 1.35. The van der Waals surface area contributed by atoms with Gasteiger partial charge in [0.2, 0.25) is 0 Å². The number of fused-ring (bicyclic) bond motifs is 1. The molecule has 0 aliphatic carbocycles. The minimum atomic E-state index is -0.200. The van der Waals surface area contributed by atoms with E-state index in [4.69, 9.17) is 9.57 Å². The van der Waals surface area contributed by atoms with Crippen LogP contribution in [0.25, 0.3) is 0 Å². The smallest absolute Gasteiger partial charge is 0.251 e. The normalized spacial score (nSPS) is 30.3. The van der Waals surface area contributed by atoms with E-state index in [0.717, 1.165) is 44.5 Å². The molecule has 136 valence electrons. The lowest BCUT2D eigenvalue weighted by molar-refractivity contribution is -0.183. The maximum Gasteiger partial charge on any atom is 0.251 e. The zero-order valence-electron chi connectivity index (χ0n) is 14.4. The number of hydrogen-bond donors (Lipinski definition) is 0. The minimum Gasteiger partial charge on any atom is -0.377 e. The van der Waals surface area contributed by atoms with Crippen LogP contribution in [0.15, 0.2) is 24.3 Å². The molecule has 3 fully saturated rings. The fourth-order valence-corrected chi connectivity index (χ4v) is 4.19. The zero-order chi connectivity index (χ0) is 17.2. The van der Waals surface area contributed by atoms with E-state index >= 15 is 0 Å². The van der Waals surface area contributed by atoms with Crippen LogP contribution in [0.1, 0.15) is 24.8 Å². The van der Waals surface area contributed by atoms with Crippen LogP contribution in [-0.2, 0) is 20.9 Å². The second kappa shape index (κ2) is 7.40. The van der Waals surface area contributed by atoms with Gasteiger partial charge < -0.3 is 4.74 Å². The van der Waals surface area contributed by atoms with Gasteiger partial charge in [-0.05, 0) is 42.9 Å². The summed E-state index contributed by atoms with van der Waals surface area (Å²) in [5.41, 5.74) is 1.12. The van der Waals surface area contributed by atoms with Crippen molar-refractivity contribution < 1.29 is 18.8 Å². The van der Waals surface area contributed by atoms with Gasteiger partial charge in [-0.15, -0.1) is 0 Å². The SMILES string of the molecule is O=C([C@@H]1CO[C@@H]2CCN(Cc3ccc(F)cc3)C[C@@H]2C1)N1CCCO1. The first-order valence-corrected chi connectivity index (χ1v) is 9.22. The standard InChI is InChI=1S/C19H25FN2O3/c20-17-4-2-14(3-5-17)11-21-8-6-18-15(12-21)10-16(13-24-18)19(23)22-7-1-9-25-22/h2-5,15-16,18H,1,6-13H2/t15-,16-,18+/m0/s1. The van der Waals surface area contributed by atoms with Gasteiger partial charge in [0.25, 0.3) is 5.91 Å². The number of likely N-dealkylation sites (tertiary alicyclic amines) is 1. The average Bonchev–Trinajstić information content (AvgIpc) is 3.17. The summed E-state index contributed by atoms with van der Waals surface area (Å²) in [4.78, 5) is 20.3. The summed E-state index contributed by atoms with van der Waals surface area (Å²) in [5.74, 6) is 0.157. The van der Waals surface area contributed by atoms with Crippen LogP contribution in [0.2, 0.25) is 0 Å². The monoisotopic (exact) mass is 348 g/mol. The van der Waals surface area contributed by atoms with Crippen molar-refractivity contribution in [1.29, 1.82) is 0 Å². The Bertz CT molecular complexity index is 603. The molecule has 5 nitrogen and oxygen atoms in total. The molecule has 3 heterocycles. The van der Waals surface area contributed by atoms with Crippen LogP contribution < -0.4 is 0 Å². The van der Waals surface area contributed by atoms with E-state index in [9.17, 15) is 9.18 Å². The number of nitrogens with zero attached hydrogens (tertiary/aromatic N) is 2. The number of piperidine rings is 1. The number of amides is 1. The molecule has 6 heteroatoms. The predicted molar refractivity (Wildman–Crippen MR) is 89.9 cm³/mol. The average molecular weight is 348 g/mol. The number of rotatable bonds is 3. The molecule has 3 atom stereocenters. The van der Waals surface area contributed by atoms with Crippen LogP contribution >= 0.6 is 0 Å². The fourth-order valence-electron chi connectivity index (χ4n) is 4.19. The van der Waals surface area contributed by atoms with E-state index < -0.39 is 0 Å². The predicted octanol–water partition coefficient (Wildman–Crippen LogP) is 2.22. The van der Waals surface area contributed by atoms with Crippen molar-refractivity contribution in [1.82, 2.24) is 9.96 Å². The van der Waals surface area contributed by atoms with Crippen molar-refractivity contribution in [2.24, 2.45) is 11.8 Å². The van der Waals surface area contributed by atoms with E-state index in [1.807, 2.05) is 12.1 Å². The second-order valence-electron chi connectivity index (χ2n) is 7.34. The summed E-state index contributed by atoms with van der Waals surface area (Å²) in [6.07, 6.45) is 3.03. The van der Waals surface area contributed by atoms with Gasteiger partial charge in [0.1, 0.15) is 5.82 Å². The number of ether oxygens (including phenoxy) is 1. The van der Waals surface area contributed by atoms with Gasteiger partial charge in [0.15, 0.2) is 0 Å². The van der Waals surface area contributed by atoms with Crippen molar-refractivity contribution in [2.45, 2.75) is 31.9 Å². The molecule has 0 aromatic heterocycles. The van der Waals surface area contributed by atoms with Crippen molar-refractivity contribution >= 4 is 5.91 Å². The summed E-state index contributed by atoms with van der Waals surface area (Å²) in [6, 6.07) is 6.71. The molecule has 0 N–H and O–H groups in total. The fraction of sp³-hybridized carbons (Fsp3) is 0.632. The van der Waals surface area contributed by atoms with Crippen molar-refractivity contribution in [2.75, 3.05) is 32.8 Å². The van der Waals surface area contributed by atoms with E-state index in [1.165, 1.54) is 17.2 Å². The van der Waals surface area contributed by atoms with Crippen LogP contribution in [-0.4, -0.2) is 54.8 Å². The number of hydroxylamine groups is 2. The molecular weight excluding hydrogens is 323 g/mol. The molecule has 4 rings (SSSR count). The maximum atomic E-state index is 13.1. The quantitative estimate of drug-likeness (QED) is 0.840. The second-order valence-corrected chi connectivity index (χ2v) is 7.34. The first kappa shape index (κ1) is 16.9. The van der Waals surface area contributed by atoms with Gasteiger partial charge in [-0.1, -0.05) is 12.1 Å². The van der Waals surface area contributed by atoms with Gasteiger partial charge >= 0.3 is 0 Å². The van der Waals surface area contributed by atoms with Gasteiger partial charge in [0, 0.05) is 19.6 Å². The third kappa shape index (κ3) is 3.86. The van der Waals surface area contributed by atoms with Gasteiger partial charge in [-0.25, -0.2) is 9.45 Å². The topological polar surface area (TPSA) is 42.0 Å². The number of carbonyl (C=O) groups is 1. The molecular formula is C19H25FN2O3. The summed E-state index contributed by atoms with van der Waals surface area (Å²) < 4.78 is 19.1. The molecule has 25 heavy (non-hydrogen) atoms. The summed E-state index contributed by atoms with van der Waals surface area (Å²) in [7, 11) is 0. The molecule has 3 saturated heterocycles. The molecule has 1 aromatic carbocycles. The molecule has 1 aromatic rings. The maximum absolute atomic E-state index is 13.1. The van der Waals surface area contributed by atoms with Crippen LogP contribution in [0.4, 0.5) is 4.39 Å². The highest BCUT2D eigenvalue weighted by Gasteiger charge is 2.40. The Hall–Kier alpha value is -1.50. The molecule has 0 saturated carbocycles. The summed E-state index contributed by atoms with van der Waals surface area (Å²) in [6.45, 7) is 4.56. The Morgan fingerprint density at radius 1 is 1.24 bits per heavy atom. The molecule has 1 amide bonds. The third-order valence-electron chi connectivity index (χ3n) is 5.51. The third-order valence-corrected chi connectivity index (χ3v) is 5.51. The van der Waals surface area contributed by atoms with Gasteiger partial charge in [-0.3, -0.25) is 14.5 Å². The number of halogens is 1. The van der Waals surface area contributed by atoms with Crippen LogP contribution in [0.3, 0.4) is 0 Å². The lowest BCUT2D eigenvalue weighted by Crippen LogP contribution is -2.50. The lowest BCUT2D eigenvalue weighted by atomic mass is 9.83. The van der Waals surface area contributed by atoms with E-state index in [0.29, 0.717) is 25.7 Å². The van der Waals surface area contributed by atoms with Crippen molar-refractivity contribution in [3.8, 4) is 0 Å². The highest BCUT2D eigenvalue weighted by atomic mass is 19.1. The van der Waals surface area contributed by atoms with Gasteiger partial charge in [0.05, 0.1) is 31.8 Å². The Morgan fingerprint density at radius 2 is 2.08 bits per heavy atom. The molecule has 0 spiro atoms. The van der Waals surface area contributed by atoms with Crippen LogP contribution in [0, 0.1) is 17.7 Å². The van der Waals surface area contributed by atoms with Crippen molar-refractivity contribution in [3.05, 3.63) is 35.6 Å². The molecule has 3 aliphatic rings. The van der Waals surface area contributed by atoms with Gasteiger partial charge in [-0.2, -0.15) is 0 Å².